The minimum atomic E-state index is -1.07. The average Bonchev–Trinajstić information content (AvgIpc) is 3.24. The number of carbonyl (C=O) groups is 1. The van der Waals surface area contributed by atoms with E-state index in [9.17, 15) is 19.6 Å². The Morgan fingerprint density at radius 3 is 2.72 bits per heavy atom. The van der Waals surface area contributed by atoms with Gasteiger partial charge in [0.25, 0.3) is 0 Å². The van der Waals surface area contributed by atoms with E-state index in [1.165, 1.54) is 30.1 Å². The van der Waals surface area contributed by atoms with E-state index in [1.54, 1.807) is 10.5 Å². The average molecular weight is 447 g/mol. The first-order valence-electron chi connectivity index (χ1n) is 10.1. The van der Waals surface area contributed by atoms with Crippen molar-refractivity contribution < 1.29 is 19.0 Å². The monoisotopic (exact) mass is 447 g/mol. The van der Waals surface area contributed by atoms with E-state index in [4.69, 9.17) is 4.74 Å². The fourth-order valence-corrected chi connectivity index (χ4v) is 5.09. The molecule has 160 valence electrons. The van der Waals surface area contributed by atoms with E-state index in [0.717, 1.165) is 20.7 Å². The molecule has 2 aromatic carbocycles. The molecule has 1 saturated heterocycles. The minimum Gasteiger partial charge on any atom is -0.476 e. The molecule has 0 atom stereocenters. The Hall–Kier alpha value is -3.41. The molecule has 1 N–H and O–H groups in total. The summed E-state index contributed by atoms with van der Waals surface area (Å²) in [6.45, 7) is 0.979. The minimum absolute atomic E-state index is 0.0113. The molecule has 32 heavy (non-hydrogen) atoms. The highest BCUT2D eigenvalue weighted by molar-refractivity contribution is 7.99. The van der Waals surface area contributed by atoms with Gasteiger partial charge in [-0.2, -0.15) is 5.26 Å². The fraction of sp³-hybridized carbons (Fsp3) is 0.208. The largest absolute Gasteiger partial charge is 0.476 e. The maximum absolute atomic E-state index is 14.5. The summed E-state index contributed by atoms with van der Waals surface area (Å²) in [6.07, 6.45) is 2.60. The number of fused-ring (bicyclic) bond motifs is 3. The van der Waals surface area contributed by atoms with Gasteiger partial charge in [-0.25, -0.2) is 14.2 Å². The number of rotatable bonds is 4. The lowest BCUT2D eigenvalue weighted by molar-refractivity contribution is 0.0673. The fourth-order valence-electron chi connectivity index (χ4n) is 4.14. The molecule has 6 nitrogen and oxygen atoms in total. The lowest BCUT2D eigenvalue weighted by Crippen LogP contribution is -2.32. The van der Waals surface area contributed by atoms with Crippen molar-refractivity contribution >= 4 is 34.3 Å². The van der Waals surface area contributed by atoms with Crippen molar-refractivity contribution in [1.29, 1.82) is 5.26 Å². The number of carboxylic acids is 1. The van der Waals surface area contributed by atoms with Gasteiger partial charge in [-0.3, -0.25) is 4.40 Å². The predicted molar refractivity (Wildman–Crippen MR) is 118 cm³/mol. The molecule has 0 saturated carbocycles. The van der Waals surface area contributed by atoms with Gasteiger partial charge < -0.3 is 9.84 Å². The maximum atomic E-state index is 14.5. The van der Waals surface area contributed by atoms with Gasteiger partial charge in [-0.1, -0.05) is 11.8 Å². The number of ether oxygens (including phenoxy) is 1. The molecular weight excluding hydrogens is 429 g/mol. The van der Waals surface area contributed by atoms with E-state index in [0.29, 0.717) is 37.3 Å². The van der Waals surface area contributed by atoms with Crippen molar-refractivity contribution in [2.45, 2.75) is 28.0 Å². The summed E-state index contributed by atoms with van der Waals surface area (Å²) in [5, 5.41) is 19.9. The summed E-state index contributed by atoms with van der Waals surface area (Å²) in [6, 6.07) is 16.6. The Morgan fingerprint density at radius 2 is 1.97 bits per heavy atom. The van der Waals surface area contributed by atoms with Crippen molar-refractivity contribution in [2.24, 2.45) is 0 Å². The number of imidazole rings is 1. The first-order valence-corrected chi connectivity index (χ1v) is 10.9. The molecular formula is C24H18FN3O3S. The van der Waals surface area contributed by atoms with E-state index in [-0.39, 0.29) is 11.5 Å². The van der Waals surface area contributed by atoms with E-state index in [1.807, 2.05) is 30.3 Å². The van der Waals surface area contributed by atoms with E-state index in [2.05, 4.69) is 11.1 Å². The quantitative estimate of drug-likeness (QED) is 0.471. The molecule has 1 aliphatic heterocycles. The number of carboxylic acid groups (broad SMARTS) is 1. The van der Waals surface area contributed by atoms with Gasteiger partial charge in [0.2, 0.25) is 0 Å². The molecule has 0 spiro atoms. The van der Waals surface area contributed by atoms with Crippen LogP contribution < -0.4 is 0 Å². The number of nitrogens with zero attached hydrogens (tertiary/aromatic N) is 3. The van der Waals surface area contributed by atoms with Crippen molar-refractivity contribution in [3.8, 4) is 6.07 Å². The second kappa shape index (κ2) is 7.93. The first kappa shape index (κ1) is 20.5. The highest BCUT2D eigenvalue weighted by atomic mass is 32.2. The lowest BCUT2D eigenvalue weighted by atomic mass is 9.75. The third-order valence-electron chi connectivity index (χ3n) is 5.84. The molecule has 8 heteroatoms. The van der Waals surface area contributed by atoms with Crippen LogP contribution in [-0.4, -0.2) is 33.7 Å². The highest BCUT2D eigenvalue weighted by Crippen LogP contribution is 2.38. The molecule has 0 bridgehead atoms. The standard InChI is InChI=1S/C24H18FN3O3S/c25-17-10-16(24(14-26)5-7-31-8-6-24)11-19(12-17)32-18-2-3-21-15(9-18)1-4-22-27-20(23(29)30)13-28(21)22/h1-4,9-13H,5-8H2,(H,29,30). The molecule has 3 heterocycles. The predicted octanol–water partition coefficient (Wildman–Crippen LogP) is 5.05. The normalized spacial score (nSPS) is 15.6. The summed E-state index contributed by atoms with van der Waals surface area (Å²) in [5.74, 6) is -1.44. The Labute approximate surface area is 187 Å². The maximum Gasteiger partial charge on any atom is 0.356 e. The number of aromatic nitrogens is 2. The van der Waals surface area contributed by atoms with Gasteiger partial charge in [0.15, 0.2) is 5.69 Å². The summed E-state index contributed by atoms with van der Waals surface area (Å²) in [5.41, 5.74) is 1.34. The molecule has 0 radical (unpaired) electrons. The van der Waals surface area contributed by atoms with Gasteiger partial charge >= 0.3 is 5.97 Å². The van der Waals surface area contributed by atoms with Crippen LogP contribution in [0, 0.1) is 17.1 Å². The SMILES string of the molecule is N#CC1(c2cc(F)cc(Sc3ccc4c(ccc5nc(C(=O)O)cn54)c3)c2)CCOCC1. The van der Waals surface area contributed by atoms with Crippen molar-refractivity contribution in [1.82, 2.24) is 9.38 Å². The molecule has 0 amide bonds. The molecule has 0 unspecified atom stereocenters. The second-order valence-electron chi connectivity index (χ2n) is 7.80. The Bertz CT molecular complexity index is 1400. The summed E-state index contributed by atoms with van der Waals surface area (Å²) >= 11 is 1.42. The number of aromatic carboxylic acids is 1. The number of pyridine rings is 1. The number of benzene rings is 2. The van der Waals surface area contributed by atoms with Crippen molar-refractivity contribution in [2.75, 3.05) is 13.2 Å². The Morgan fingerprint density at radius 1 is 1.16 bits per heavy atom. The van der Waals surface area contributed by atoms with Crippen molar-refractivity contribution in [3.05, 3.63) is 71.8 Å². The topological polar surface area (TPSA) is 87.6 Å². The Balaban J connectivity index is 1.50. The molecule has 5 rings (SSSR count). The molecule has 4 aromatic rings. The van der Waals surface area contributed by atoms with Gasteiger partial charge in [0.1, 0.15) is 11.5 Å². The highest BCUT2D eigenvalue weighted by Gasteiger charge is 2.35. The van der Waals surface area contributed by atoms with Crippen LogP contribution in [0.25, 0.3) is 16.6 Å². The van der Waals surface area contributed by atoms with Crippen LogP contribution in [0.15, 0.2) is 64.5 Å². The van der Waals surface area contributed by atoms with Crippen LogP contribution in [0.4, 0.5) is 4.39 Å². The van der Waals surface area contributed by atoms with Crippen LogP contribution in [0.5, 0.6) is 0 Å². The molecule has 2 aromatic heterocycles. The van der Waals surface area contributed by atoms with Crippen LogP contribution in [0.2, 0.25) is 0 Å². The molecule has 0 aliphatic carbocycles. The summed E-state index contributed by atoms with van der Waals surface area (Å²) in [4.78, 5) is 17.0. The number of hydrogen-bond acceptors (Lipinski definition) is 5. The van der Waals surface area contributed by atoms with Gasteiger partial charge in [0.05, 0.1) is 17.0 Å². The van der Waals surface area contributed by atoms with Crippen LogP contribution in [0.3, 0.4) is 0 Å². The van der Waals surface area contributed by atoms with Crippen LogP contribution in [-0.2, 0) is 10.2 Å². The summed E-state index contributed by atoms with van der Waals surface area (Å²) in [7, 11) is 0. The zero-order valence-electron chi connectivity index (χ0n) is 16.9. The lowest BCUT2D eigenvalue weighted by Gasteiger charge is -2.31. The van der Waals surface area contributed by atoms with Crippen LogP contribution in [0.1, 0.15) is 28.9 Å². The van der Waals surface area contributed by atoms with E-state index >= 15 is 0 Å². The zero-order chi connectivity index (χ0) is 22.3. The first-order chi connectivity index (χ1) is 15.5. The number of nitriles is 1. The smallest absolute Gasteiger partial charge is 0.356 e. The zero-order valence-corrected chi connectivity index (χ0v) is 17.7. The van der Waals surface area contributed by atoms with Gasteiger partial charge in [-0.15, -0.1) is 0 Å². The van der Waals surface area contributed by atoms with Crippen LogP contribution >= 0.6 is 11.8 Å². The molecule has 1 aliphatic rings. The Kier molecular flexibility index (Phi) is 5.08. The van der Waals surface area contributed by atoms with Gasteiger partial charge in [-0.05, 0) is 72.3 Å². The third kappa shape index (κ3) is 3.60. The number of halogens is 1. The number of hydrogen-bond donors (Lipinski definition) is 1. The summed E-state index contributed by atoms with van der Waals surface area (Å²) < 4.78 is 21.6. The van der Waals surface area contributed by atoms with E-state index < -0.39 is 11.4 Å². The molecule has 1 fully saturated rings. The van der Waals surface area contributed by atoms with Crippen molar-refractivity contribution in [3.63, 3.8) is 0 Å². The third-order valence-corrected chi connectivity index (χ3v) is 6.80. The van der Waals surface area contributed by atoms with Gasteiger partial charge in [0, 0.05) is 29.2 Å². The second-order valence-corrected chi connectivity index (χ2v) is 8.94.